The van der Waals surface area contributed by atoms with E-state index in [0.29, 0.717) is 25.5 Å². The molecule has 1 saturated heterocycles. The fourth-order valence-corrected chi connectivity index (χ4v) is 4.08. The van der Waals surface area contributed by atoms with E-state index in [9.17, 15) is 0 Å². The van der Waals surface area contributed by atoms with Crippen LogP contribution in [0, 0.1) is 0 Å². The molecule has 4 aromatic rings. The molecule has 10 heteroatoms. The molecule has 5 rings (SSSR count). The number of morpholine rings is 1. The lowest BCUT2D eigenvalue weighted by Crippen LogP contribution is -2.38. The van der Waals surface area contributed by atoms with Crippen LogP contribution in [0.15, 0.2) is 64.5 Å². The first-order chi connectivity index (χ1) is 14.9. The average molecular weight is 424 g/mol. The third-order valence-electron chi connectivity index (χ3n) is 4.76. The van der Waals surface area contributed by atoms with Crippen molar-refractivity contribution < 1.29 is 9.15 Å². The quantitative estimate of drug-likeness (QED) is 0.419. The van der Waals surface area contributed by atoms with Crippen LogP contribution in [0.2, 0.25) is 0 Å². The lowest BCUT2D eigenvalue weighted by atomic mass is 10.3. The van der Waals surface area contributed by atoms with Crippen molar-refractivity contribution >= 4 is 17.7 Å². The standard InChI is InChI=1S/C20H21N7O2S/c1-2-5-17(6-3-1)27-21-13-16(24-27)15-30-20-23-22-19(25-8-11-28-12-9-25)26(20)14-18-7-4-10-29-18/h1-7,10,13H,8-9,11-12,14-15H2. The van der Waals surface area contributed by atoms with Crippen molar-refractivity contribution in [2.24, 2.45) is 0 Å². The molecule has 0 N–H and O–H groups in total. The van der Waals surface area contributed by atoms with E-state index in [1.54, 1.807) is 29.0 Å². The number of rotatable bonds is 7. The summed E-state index contributed by atoms with van der Waals surface area (Å²) in [4.78, 5) is 3.85. The lowest BCUT2D eigenvalue weighted by Gasteiger charge is -2.27. The first-order valence-electron chi connectivity index (χ1n) is 9.74. The minimum Gasteiger partial charge on any atom is -0.467 e. The summed E-state index contributed by atoms with van der Waals surface area (Å²) in [6, 6.07) is 13.7. The second-order valence-electron chi connectivity index (χ2n) is 6.80. The van der Waals surface area contributed by atoms with Crippen molar-refractivity contribution in [3.05, 3.63) is 66.4 Å². The molecule has 1 aliphatic heterocycles. The average Bonchev–Trinajstić information content (AvgIpc) is 3.56. The fraction of sp³-hybridized carbons (Fsp3) is 0.300. The van der Waals surface area contributed by atoms with Gasteiger partial charge in [-0.25, -0.2) is 0 Å². The van der Waals surface area contributed by atoms with Gasteiger partial charge in [-0.15, -0.1) is 10.2 Å². The second-order valence-corrected chi connectivity index (χ2v) is 7.74. The molecule has 30 heavy (non-hydrogen) atoms. The summed E-state index contributed by atoms with van der Waals surface area (Å²) >= 11 is 1.59. The Morgan fingerprint density at radius 2 is 1.87 bits per heavy atom. The van der Waals surface area contributed by atoms with Crippen LogP contribution in [0.25, 0.3) is 5.69 Å². The van der Waals surface area contributed by atoms with Crippen molar-refractivity contribution in [1.29, 1.82) is 0 Å². The molecule has 9 nitrogen and oxygen atoms in total. The number of nitrogens with zero attached hydrogens (tertiary/aromatic N) is 7. The zero-order valence-corrected chi connectivity index (χ0v) is 17.1. The summed E-state index contributed by atoms with van der Waals surface area (Å²) in [5.74, 6) is 2.35. The molecule has 0 aliphatic carbocycles. The van der Waals surface area contributed by atoms with Crippen molar-refractivity contribution in [3.63, 3.8) is 0 Å². The SMILES string of the molecule is c1ccc(-n2ncc(CSc3nnc(N4CCOCC4)n3Cc3ccco3)n2)cc1. The number of benzene rings is 1. The van der Waals surface area contributed by atoms with E-state index in [1.165, 1.54) is 0 Å². The second kappa shape index (κ2) is 8.72. The maximum Gasteiger partial charge on any atom is 0.228 e. The highest BCUT2D eigenvalue weighted by Crippen LogP contribution is 2.26. The largest absolute Gasteiger partial charge is 0.467 e. The molecule has 0 bridgehead atoms. The molecule has 0 radical (unpaired) electrons. The van der Waals surface area contributed by atoms with E-state index in [1.807, 2.05) is 42.5 Å². The molecule has 0 spiro atoms. The molecule has 1 aliphatic rings. The summed E-state index contributed by atoms with van der Waals surface area (Å²) in [7, 11) is 0. The van der Waals surface area contributed by atoms with Gasteiger partial charge in [0.1, 0.15) is 5.76 Å². The van der Waals surface area contributed by atoms with Gasteiger partial charge in [-0.1, -0.05) is 30.0 Å². The van der Waals surface area contributed by atoms with Gasteiger partial charge in [-0.05, 0) is 24.3 Å². The minimum absolute atomic E-state index is 0.575. The highest BCUT2D eigenvalue weighted by atomic mass is 32.2. The third kappa shape index (κ3) is 4.10. The number of hydrogen-bond donors (Lipinski definition) is 0. The number of hydrogen-bond acceptors (Lipinski definition) is 8. The Morgan fingerprint density at radius 3 is 2.67 bits per heavy atom. The van der Waals surface area contributed by atoms with Gasteiger partial charge < -0.3 is 14.1 Å². The Hall–Kier alpha value is -3.11. The zero-order chi connectivity index (χ0) is 20.2. The summed E-state index contributed by atoms with van der Waals surface area (Å²) in [5, 5.41) is 18.7. The number of para-hydroxylation sites is 1. The summed E-state index contributed by atoms with van der Waals surface area (Å²) in [5.41, 5.74) is 1.81. The van der Waals surface area contributed by atoms with Crippen LogP contribution in [0.1, 0.15) is 11.5 Å². The van der Waals surface area contributed by atoms with Gasteiger partial charge in [0.2, 0.25) is 5.95 Å². The van der Waals surface area contributed by atoms with Gasteiger partial charge in [0.25, 0.3) is 0 Å². The van der Waals surface area contributed by atoms with Crippen LogP contribution in [-0.2, 0) is 17.0 Å². The third-order valence-corrected chi connectivity index (χ3v) is 5.76. The number of furan rings is 1. The number of thioether (sulfide) groups is 1. The number of anilines is 1. The Balaban J connectivity index is 1.35. The summed E-state index contributed by atoms with van der Waals surface area (Å²) in [6.45, 7) is 3.56. The minimum atomic E-state index is 0.575. The van der Waals surface area contributed by atoms with Gasteiger partial charge >= 0.3 is 0 Å². The summed E-state index contributed by atoms with van der Waals surface area (Å²) in [6.07, 6.45) is 3.47. The molecular weight excluding hydrogens is 402 g/mol. The van der Waals surface area contributed by atoms with Crippen LogP contribution in [0.5, 0.6) is 0 Å². The highest BCUT2D eigenvalue weighted by Gasteiger charge is 2.21. The molecule has 0 atom stereocenters. The van der Waals surface area contributed by atoms with Crippen molar-refractivity contribution in [1.82, 2.24) is 29.8 Å². The molecule has 0 saturated carbocycles. The van der Waals surface area contributed by atoms with E-state index >= 15 is 0 Å². The molecule has 1 fully saturated rings. The van der Waals surface area contributed by atoms with E-state index < -0.39 is 0 Å². The molecule has 0 amide bonds. The topological polar surface area (TPSA) is 87.0 Å². The lowest BCUT2D eigenvalue weighted by molar-refractivity contribution is 0.121. The fourth-order valence-electron chi connectivity index (χ4n) is 3.27. The van der Waals surface area contributed by atoms with Gasteiger partial charge in [-0.3, -0.25) is 4.57 Å². The molecular formula is C20H21N7O2S. The highest BCUT2D eigenvalue weighted by molar-refractivity contribution is 7.98. The Kier molecular flexibility index (Phi) is 5.49. The van der Waals surface area contributed by atoms with Crippen LogP contribution < -0.4 is 4.90 Å². The maximum atomic E-state index is 5.56. The first kappa shape index (κ1) is 18.9. The predicted molar refractivity (Wildman–Crippen MR) is 112 cm³/mol. The number of ether oxygens (including phenoxy) is 1. The normalized spacial score (nSPS) is 14.3. The Bertz CT molecular complexity index is 1070. The summed E-state index contributed by atoms with van der Waals surface area (Å²) < 4.78 is 13.1. The molecule has 4 heterocycles. The van der Waals surface area contributed by atoms with Crippen molar-refractivity contribution in [2.45, 2.75) is 17.5 Å². The smallest absolute Gasteiger partial charge is 0.228 e. The molecule has 154 valence electrons. The van der Waals surface area contributed by atoms with E-state index in [0.717, 1.165) is 41.3 Å². The number of aromatic nitrogens is 6. The Labute approximate surface area is 177 Å². The van der Waals surface area contributed by atoms with Crippen LogP contribution in [0.3, 0.4) is 0 Å². The van der Waals surface area contributed by atoms with E-state index in [2.05, 4.69) is 29.9 Å². The predicted octanol–water partition coefficient (Wildman–Crippen LogP) is 2.63. The van der Waals surface area contributed by atoms with Crippen molar-refractivity contribution in [3.8, 4) is 5.69 Å². The maximum absolute atomic E-state index is 5.56. The van der Waals surface area contributed by atoms with E-state index in [4.69, 9.17) is 9.15 Å². The van der Waals surface area contributed by atoms with E-state index in [-0.39, 0.29) is 0 Å². The first-order valence-corrected chi connectivity index (χ1v) is 10.7. The molecule has 0 unspecified atom stereocenters. The van der Waals surface area contributed by atoms with Gasteiger partial charge in [-0.2, -0.15) is 15.0 Å². The zero-order valence-electron chi connectivity index (χ0n) is 16.3. The van der Waals surface area contributed by atoms with Gasteiger partial charge in [0.05, 0.1) is 43.6 Å². The van der Waals surface area contributed by atoms with Crippen molar-refractivity contribution in [2.75, 3.05) is 31.2 Å². The molecule has 1 aromatic carbocycles. The Morgan fingerprint density at radius 1 is 1.00 bits per heavy atom. The van der Waals surface area contributed by atoms with Crippen LogP contribution in [-0.4, -0.2) is 56.1 Å². The van der Waals surface area contributed by atoms with Crippen LogP contribution >= 0.6 is 11.8 Å². The monoisotopic (exact) mass is 423 g/mol. The van der Waals surface area contributed by atoms with Gasteiger partial charge in [0.15, 0.2) is 5.16 Å². The molecule has 3 aromatic heterocycles. The van der Waals surface area contributed by atoms with Gasteiger partial charge in [0, 0.05) is 18.8 Å². The van der Waals surface area contributed by atoms with Crippen LogP contribution in [0.4, 0.5) is 5.95 Å².